The molecule has 4 rings (SSSR count). The number of phenols is 1. The van der Waals surface area contributed by atoms with E-state index in [-0.39, 0.29) is 29.1 Å². The number of aromatic hydroxyl groups is 1. The minimum Gasteiger partial charge on any atom is -0.511 e. The molecule has 0 bridgehead atoms. The normalized spacial score (nSPS) is 25.6. The number of fused-ring (bicyclic) bond motifs is 3. The quantitative estimate of drug-likeness (QED) is 0.439. The van der Waals surface area contributed by atoms with Crippen molar-refractivity contribution in [1.82, 2.24) is 0 Å². The second-order valence-corrected chi connectivity index (χ2v) is 7.78. The molecule has 1 aromatic rings. The number of terminal acetylenes is 1. The average molecular weight is 405 g/mol. The first-order valence-corrected chi connectivity index (χ1v) is 9.47. The van der Waals surface area contributed by atoms with Crippen molar-refractivity contribution < 1.29 is 29.7 Å². The first-order chi connectivity index (χ1) is 14.3. The molecule has 5 N–H and O–H groups in total. The van der Waals surface area contributed by atoms with E-state index >= 15 is 0 Å². The van der Waals surface area contributed by atoms with Crippen LogP contribution < -0.4 is 5.73 Å². The number of aliphatic hydroxyl groups is 2. The van der Waals surface area contributed by atoms with Crippen molar-refractivity contribution in [1.29, 1.82) is 0 Å². The number of phenolic OH excluding ortho intramolecular Hbond substituents is 1. The van der Waals surface area contributed by atoms with E-state index < -0.39 is 46.6 Å². The largest absolute Gasteiger partial charge is 0.511 e. The smallest absolute Gasteiger partial charge is 0.255 e. The summed E-state index contributed by atoms with van der Waals surface area (Å²) in [6.07, 6.45) is 9.15. The maximum Gasteiger partial charge on any atom is 0.255 e. The molecule has 1 aromatic carbocycles. The highest BCUT2D eigenvalue weighted by Gasteiger charge is 2.50. The van der Waals surface area contributed by atoms with E-state index in [2.05, 4.69) is 5.92 Å². The number of nitrogens with two attached hydrogens (primary N) is 1. The van der Waals surface area contributed by atoms with E-state index in [1.807, 2.05) is 0 Å². The number of carbonyl (C=O) groups excluding carboxylic acids is 3. The first-order valence-electron chi connectivity index (χ1n) is 9.47. The molecule has 0 heterocycles. The van der Waals surface area contributed by atoms with Crippen molar-refractivity contribution in [2.75, 3.05) is 0 Å². The molecule has 0 saturated heterocycles. The number of rotatable bonds is 2. The van der Waals surface area contributed by atoms with Crippen LogP contribution in [0.1, 0.15) is 34.3 Å². The third kappa shape index (κ3) is 2.72. The van der Waals surface area contributed by atoms with E-state index in [1.165, 1.54) is 12.1 Å². The van der Waals surface area contributed by atoms with Crippen LogP contribution in [0, 0.1) is 30.1 Å². The van der Waals surface area contributed by atoms with E-state index in [9.17, 15) is 29.7 Å². The van der Waals surface area contributed by atoms with Crippen molar-refractivity contribution in [2.45, 2.75) is 19.3 Å². The van der Waals surface area contributed by atoms with Gasteiger partial charge in [0.2, 0.25) is 0 Å². The summed E-state index contributed by atoms with van der Waals surface area (Å²) in [5.41, 5.74) is 6.13. The standard InChI is InChI=1S/C23H19NO6/c1-2-3-4-10-5-6-14(25)18-13(10)8-11-7-12-9-15(26)19(23(24)30)22(29)17(12)20(27)16(11)21(18)28/h1,3-6,11-12,17,25-27H,7-9H2,(H2,24,30)/b4-3+/t11-,12+,17?/m1/s1. The highest BCUT2D eigenvalue weighted by atomic mass is 16.3. The predicted molar refractivity (Wildman–Crippen MR) is 107 cm³/mol. The van der Waals surface area contributed by atoms with Crippen LogP contribution in [0.4, 0.5) is 0 Å². The molecule has 0 aliphatic heterocycles. The maximum absolute atomic E-state index is 13.3. The van der Waals surface area contributed by atoms with Crippen LogP contribution in [0.3, 0.4) is 0 Å². The number of benzene rings is 1. The van der Waals surface area contributed by atoms with E-state index in [4.69, 9.17) is 12.2 Å². The molecule has 0 aromatic heterocycles. The topological polar surface area (TPSA) is 138 Å². The summed E-state index contributed by atoms with van der Waals surface area (Å²) in [6.45, 7) is 0. The minimum atomic E-state index is -1.12. The Hall–Kier alpha value is -3.79. The lowest BCUT2D eigenvalue weighted by molar-refractivity contribution is -0.126. The average Bonchev–Trinajstić information content (AvgIpc) is 2.66. The van der Waals surface area contributed by atoms with Crippen molar-refractivity contribution >= 4 is 23.5 Å². The molecule has 1 unspecified atom stereocenters. The number of hydrogen-bond acceptors (Lipinski definition) is 6. The molecule has 7 heteroatoms. The molecule has 152 valence electrons. The number of aliphatic hydroxyl groups excluding tert-OH is 2. The monoisotopic (exact) mass is 405 g/mol. The van der Waals surface area contributed by atoms with Gasteiger partial charge in [-0.15, -0.1) is 6.42 Å². The molecule has 7 nitrogen and oxygen atoms in total. The number of carbonyl (C=O) groups is 3. The fraction of sp³-hybridized carbons (Fsp3) is 0.261. The van der Waals surface area contributed by atoms with E-state index in [0.717, 1.165) is 0 Å². The SMILES string of the molecule is C#C/C=C/c1ccc(O)c2c1C[C@H]1C[C@H]3CC(O)=C(C(N)=O)C(=O)C3C(O)=C1C2=O. The van der Waals surface area contributed by atoms with Gasteiger partial charge in [-0.05, 0) is 54.0 Å². The summed E-state index contributed by atoms with van der Waals surface area (Å²) in [4.78, 5) is 37.7. The lowest BCUT2D eigenvalue weighted by Crippen LogP contribution is -2.43. The van der Waals surface area contributed by atoms with Crippen LogP contribution in [0.25, 0.3) is 6.08 Å². The summed E-state index contributed by atoms with van der Waals surface area (Å²) in [5.74, 6) is -3.03. The molecule has 0 spiro atoms. The lowest BCUT2D eigenvalue weighted by Gasteiger charge is -2.41. The number of ketones is 2. The first kappa shape index (κ1) is 19.5. The summed E-state index contributed by atoms with van der Waals surface area (Å²) >= 11 is 0. The van der Waals surface area contributed by atoms with Gasteiger partial charge in [-0.3, -0.25) is 14.4 Å². The Labute approximate surface area is 172 Å². The number of amides is 1. The number of allylic oxidation sites excluding steroid dienone is 4. The van der Waals surface area contributed by atoms with Crippen LogP contribution >= 0.6 is 0 Å². The lowest BCUT2D eigenvalue weighted by atomic mass is 9.62. The molecule has 3 aliphatic rings. The summed E-state index contributed by atoms with van der Waals surface area (Å²) < 4.78 is 0. The summed E-state index contributed by atoms with van der Waals surface area (Å²) in [5, 5.41) is 31.4. The van der Waals surface area contributed by atoms with Crippen LogP contribution in [-0.2, 0) is 16.0 Å². The van der Waals surface area contributed by atoms with Crippen molar-refractivity contribution in [2.24, 2.45) is 23.5 Å². The van der Waals surface area contributed by atoms with Crippen LogP contribution in [0.2, 0.25) is 0 Å². The molecule has 30 heavy (non-hydrogen) atoms. The highest BCUT2D eigenvalue weighted by Crippen LogP contribution is 2.49. The fourth-order valence-corrected chi connectivity index (χ4v) is 4.96. The summed E-state index contributed by atoms with van der Waals surface area (Å²) in [6, 6.07) is 3.04. The van der Waals surface area contributed by atoms with Crippen molar-refractivity contribution in [3.8, 4) is 18.1 Å². The number of Topliss-reactive ketones (excluding diaryl/α,β-unsaturated/α-hetero) is 2. The fourth-order valence-electron chi connectivity index (χ4n) is 4.96. The van der Waals surface area contributed by atoms with Gasteiger partial charge in [0, 0.05) is 12.0 Å². The number of hydrogen-bond donors (Lipinski definition) is 4. The highest BCUT2D eigenvalue weighted by molar-refractivity contribution is 6.22. The van der Waals surface area contributed by atoms with E-state index in [1.54, 1.807) is 12.1 Å². The van der Waals surface area contributed by atoms with Crippen molar-refractivity contribution in [3.63, 3.8) is 0 Å². The molecular formula is C23H19NO6. The Morgan fingerprint density at radius 1 is 1.20 bits per heavy atom. The number of primary amides is 1. The van der Waals surface area contributed by atoms with E-state index in [0.29, 0.717) is 24.0 Å². The van der Waals surface area contributed by atoms with Crippen LogP contribution in [0.15, 0.2) is 40.9 Å². The van der Waals surface area contributed by atoms with Gasteiger partial charge in [0.1, 0.15) is 22.8 Å². The third-order valence-corrected chi connectivity index (χ3v) is 6.17. The predicted octanol–water partition coefficient (Wildman–Crippen LogP) is 2.11. The Bertz CT molecular complexity index is 1150. The maximum atomic E-state index is 13.3. The molecule has 3 aliphatic carbocycles. The van der Waals surface area contributed by atoms with Gasteiger partial charge in [-0.2, -0.15) is 0 Å². The zero-order chi connectivity index (χ0) is 21.7. The zero-order valence-corrected chi connectivity index (χ0v) is 15.9. The zero-order valence-electron chi connectivity index (χ0n) is 15.9. The van der Waals surface area contributed by atoms with Gasteiger partial charge in [0.25, 0.3) is 5.91 Å². The Morgan fingerprint density at radius 2 is 1.93 bits per heavy atom. The van der Waals surface area contributed by atoms with Gasteiger partial charge in [0.15, 0.2) is 11.6 Å². The Morgan fingerprint density at radius 3 is 2.60 bits per heavy atom. The molecule has 0 fully saturated rings. The molecule has 0 radical (unpaired) electrons. The third-order valence-electron chi connectivity index (χ3n) is 6.17. The molecule has 3 atom stereocenters. The second-order valence-electron chi connectivity index (χ2n) is 7.78. The second kappa shape index (κ2) is 6.92. The van der Waals surface area contributed by atoms with Gasteiger partial charge in [-0.1, -0.05) is 12.0 Å². The van der Waals surface area contributed by atoms with Crippen LogP contribution in [0.5, 0.6) is 5.75 Å². The molecule has 0 saturated carbocycles. The van der Waals surface area contributed by atoms with Gasteiger partial charge in [-0.25, -0.2) is 0 Å². The Kier molecular flexibility index (Phi) is 4.50. The van der Waals surface area contributed by atoms with Gasteiger partial charge < -0.3 is 21.1 Å². The Balaban J connectivity index is 1.86. The van der Waals surface area contributed by atoms with Gasteiger partial charge in [0.05, 0.1) is 11.5 Å². The van der Waals surface area contributed by atoms with Crippen molar-refractivity contribution in [3.05, 3.63) is 57.6 Å². The minimum absolute atomic E-state index is 0.00740. The summed E-state index contributed by atoms with van der Waals surface area (Å²) in [7, 11) is 0. The van der Waals surface area contributed by atoms with Gasteiger partial charge >= 0.3 is 0 Å². The molecule has 1 amide bonds. The van der Waals surface area contributed by atoms with Crippen LogP contribution in [-0.4, -0.2) is 32.8 Å². The molecular weight excluding hydrogens is 386 g/mol.